The van der Waals surface area contributed by atoms with E-state index in [2.05, 4.69) is 15.6 Å². The third kappa shape index (κ3) is 5.64. The van der Waals surface area contributed by atoms with Crippen molar-refractivity contribution in [1.82, 2.24) is 19.5 Å². The number of pyridine rings is 1. The third-order valence-corrected chi connectivity index (χ3v) is 9.16. The summed E-state index contributed by atoms with van der Waals surface area (Å²) in [6.07, 6.45) is 6.98. The number of hydrogen-bond donors (Lipinski definition) is 0. The van der Waals surface area contributed by atoms with Gasteiger partial charge in [0.25, 0.3) is 11.2 Å². The van der Waals surface area contributed by atoms with Crippen LogP contribution in [0.5, 0.6) is 5.19 Å². The number of hydrogen-bond acceptors (Lipinski definition) is 9. The van der Waals surface area contributed by atoms with Gasteiger partial charge in [-0.2, -0.15) is 4.39 Å². The van der Waals surface area contributed by atoms with Crippen molar-refractivity contribution in [1.29, 1.82) is 0 Å². The number of carbonyl (C=O) groups excluding carboxylic acids is 1. The van der Waals surface area contributed by atoms with Crippen LogP contribution in [0.3, 0.4) is 0 Å². The first-order valence-corrected chi connectivity index (χ1v) is 15.4. The van der Waals surface area contributed by atoms with Gasteiger partial charge < -0.3 is 23.2 Å². The third-order valence-electron chi connectivity index (χ3n) is 8.08. The SMILES string of the molecule is COC(=O)c1ccc2nc(CC3CC=C(c4csc(OCc5ccc(Cl)c6cc(F)oc56)n4)CC3)n(C[C@@H]3CCO3)c2n1. The van der Waals surface area contributed by atoms with Gasteiger partial charge in [0.1, 0.15) is 23.5 Å². The van der Waals surface area contributed by atoms with Crippen molar-refractivity contribution in [3.8, 4) is 5.19 Å². The van der Waals surface area contributed by atoms with E-state index < -0.39 is 12.0 Å². The maximum atomic E-state index is 13.7. The summed E-state index contributed by atoms with van der Waals surface area (Å²) in [7, 11) is 1.35. The normalized spacial score (nSPS) is 18.5. The van der Waals surface area contributed by atoms with Crippen molar-refractivity contribution >= 4 is 56.6 Å². The molecule has 4 aromatic heterocycles. The summed E-state index contributed by atoms with van der Waals surface area (Å²) < 4.78 is 37.5. The Balaban J connectivity index is 1.03. The lowest BCUT2D eigenvalue weighted by atomic mass is 9.86. The Hall–Kier alpha value is -3.80. The number of benzene rings is 1. The fourth-order valence-electron chi connectivity index (χ4n) is 5.65. The molecule has 12 heteroatoms. The number of ether oxygens (including phenoxy) is 3. The highest BCUT2D eigenvalue weighted by molar-refractivity contribution is 7.11. The van der Waals surface area contributed by atoms with E-state index in [0.717, 1.165) is 55.7 Å². The van der Waals surface area contributed by atoms with Crippen LogP contribution >= 0.6 is 22.9 Å². The number of imidazole rings is 1. The second kappa shape index (κ2) is 11.7. The van der Waals surface area contributed by atoms with E-state index in [1.807, 2.05) is 11.4 Å². The molecule has 0 bridgehead atoms. The summed E-state index contributed by atoms with van der Waals surface area (Å²) in [6, 6.07) is 7.57. The molecular formula is C31H28ClFN4O5S. The van der Waals surface area contributed by atoms with Gasteiger partial charge in [0.05, 0.1) is 30.5 Å². The van der Waals surface area contributed by atoms with Crippen molar-refractivity contribution in [2.75, 3.05) is 13.7 Å². The summed E-state index contributed by atoms with van der Waals surface area (Å²) in [6.45, 7) is 1.62. The van der Waals surface area contributed by atoms with Crippen LogP contribution in [0.1, 0.15) is 53.3 Å². The largest absolute Gasteiger partial charge is 0.465 e. The lowest BCUT2D eigenvalue weighted by molar-refractivity contribution is -0.0591. The molecule has 1 aliphatic heterocycles. The molecule has 2 aliphatic rings. The Labute approximate surface area is 255 Å². The maximum Gasteiger partial charge on any atom is 0.356 e. The zero-order valence-electron chi connectivity index (χ0n) is 23.3. The molecule has 222 valence electrons. The van der Waals surface area contributed by atoms with E-state index in [4.69, 9.17) is 40.2 Å². The number of nitrogens with zero attached hydrogens (tertiary/aromatic N) is 4. The topological polar surface area (TPSA) is 102 Å². The van der Waals surface area contributed by atoms with Crippen LogP contribution in [0.4, 0.5) is 4.39 Å². The van der Waals surface area contributed by atoms with Crippen LogP contribution in [0, 0.1) is 11.9 Å². The van der Waals surface area contributed by atoms with Crippen molar-refractivity contribution < 1.29 is 27.8 Å². The van der Waals surface area contributed by atoms with Crippen molar-refractivity contribution in [2.24, 2.45) is 5.92 Å². The number of rotatable bonds is 9. The van der Waals surface area contributed by atoms with Gasteiger partial charge in [0.2, 0.25) is 0 Å². The molecule has 1 fully saturated rings. The number of methoxy groups -OCH3 is 1. The zero-order valence-corrected chi connectivity index (χ0v) is 24.9. The van der Waals surface area contributed by atoms with Gasteiger partial charge in [0.15, 0.2) is 11.3 Å². The number of aromatic nitrogens is 4. The van der Waals surface area contributed by atoms with E-state index in [1.165, 1.54) is 30.1 Å². The first-order valence-electron chi connectivity index (χ1n) is 14.2. The summed E-state index contributed by atoms with van der Waals surface area (Å²) in [5.74, 6) is 0.905. The lowest BCUT2D eigenvalue weighted by Gasteiger charge is -2.28. The fraction of sp³-hybridized carbons (Fsp3) is 0.355. The Morgan fingerprint density at radius 2 is 2.09 bits per heavy atom. The van der Waals surface area contributed by atoms with Gasteiger partial charge in [-0.3, -0.25) is 0 Å². The van der Waals surface area contributed by atoms with Crippen LogP contribution < -0.4 is 4.74 Å². The summed E-state index contributed by atoms with van der Waals surface area (Å²) >= 11 is 7.60. The highest BCUT2D eigenvalue weighted by Crippen LogP contribution is 2.35. The number of furan rings is 1. The monoisotopic (exact) mass is 622 g/mol. The number of carbonyl (C=O) groups is 1. The van der Waals surface area contributed by atoms with Gasteiger partial charge in [-0.25, -0.2) is 19.7 Å². The number of allylic oxidation sites excluding steroid dienone is 2. The molecule has 0 amide bonds. The molecule has 2 atom stereocenters. The minimum Gasteiger partial charge on any atom is -0.465 e. The van der Waals surface area contributed by atoms with E-state index >= 15 is 0 Å². The Morgan fingerprint density at radius 3 is 2.86 bits per heavy atom. The second-order valence-electron chi connectivity index (χ2n) is 10.8. The van der Waals surface area contributed by atoms with Crippen LogP contribution in [0.15, 0.2) is 46.2 Å². The number of halogens is 2. The van der Waals surface area contributed by atoms with Crippen LogP contribution in [-0.2, 0) is 29.0 Å². The molecule has 9 nitrogen and oxygen atoms in total. The second-order valence-corrected chi connectivity index (χ2v) is 12.0. The molecule has 0 radical (unpaired) electrons. The smallest absolute Gasteiger partial charge is 0.356 e. The molecule has 5 heterocycles. The quantitative estimate of drug-likeness (QED) is 0.162. The van der Waals surface area contributed by atoms with E-state index in [-0.39, 0.29) is 18.4 Å². The van der Waals surface area contributed by atoms with Crippen molar-refractivity contribution in [3.63, 3.8) is 0 Å². The molecule has 7 rings (SSSR count). The molecule has 0 N–H and O–H groups in total. The minimum atomic E-state index is -0.683. The number of esters is 1. The van der Waals surface area contributed by atoms with Gasteiger partial charge in [-0.1, -0.05) is 35.1 Å². The molecule has 5 aromatic rings. The number of thiazole rings is 1. The highest BCUT2D eigenvalue weighted by atomic mass is 35.5. The molecule has 0 spiro atoms. The fourth-order valence-corrected chi connectivity index (χ4v) is 6.55. The summed E-state index contributed by atoms with van der Waals surface area (Å²) in [5.41, 5.74) is 4.92. The molecule has 0 saturated carbocycles. The van der Waals surface area contributed by atoms with Crippen LogP contribution in [0.2, 0.25) is 5.02 Å². The molecule has 1 aliphatic carbocycles. The van der Waals surface area contributed by atoms with E-state index in [9.17, 15) is 9.18 Å². The molecule has 1 unspecified atom stereocenters. The van der Waals surface area contributed by atoms with Crippen molar-refractivity contribution in [3.05, 3.63) is 75.6 Å². The Kier molecular flexibility index (Phi) is 7.62. The highest BCUT2D eigenvalue weighted by Gasteiger charge is 2.26. The predicted octanol–water partition coefficient (Wildman–Crippen LogP) is 7.01. The Morgan fingerprint density at radius 1 is 1.21 bits per heavy atom. The standard InChI is InChI=1S/C31H28ClFN4O5S/c1-39-30(38)24-9-8-23-29(35-24)37(14-20-10-11-40-20)27(34-23)12-17-2-4-18(5-3-17)25-16-43-31(36-25)41-15-19-6-7-22(32)21-13-26(33)42-28(19)21/h4,6-9,13,16-17,20H,2-3,5,10-12,14-15H2,1H3/t17?,20-/m0/s1. The molecule has 43 heavy (non-hydrogen) atoms. The van der Waals surface area contributed by atoms with E-state index in [0.29, 0.717) is 44.9 Å². The average Bonchev–Trinajstić information content (AvgIpc) is 3.71. The maximum absolute atomic E-state index is 13.7. The zero-order chi connectivity index (χ0) is 29.5. The van der Waals surface area contributed by atoms with Crippen LogP contribution in [-0.4, -0.2) is 45.3 Å². The molecular weight excluding hydrogens is 595 g/mol. The Bertz CT molecular complexity index is 1860. The van der Waals surface area contributed by atoms with Crippen LogP contribution in [0.25, 0.3) is 27.7 Å². The van der Waals surface area contributed by atoms with Crippen molar-refractivity contribution in [2.45, 2.75) is 51.4 Å². The summed E-state index contributed by atoms with van der Waals surface area (Å²) in [5, 5.41) is 3.50. The van der Waals surface area contributed by atoms with Gasteiger partial charge in [-0.15, -0.1) is 0 Å². The minimum absolute atomic E-state index is 0.129. The first-order chi connectivity index (χ1) is 20.9. The first kappa shape index (κ1) is 28.0. The number of fused-ring (bicyclic) bond motifs is 2. The molecule has 1 aromatic carbocycles. The van der Waals surface area contributed by atoms with Gasteiger partial charge >= 0.3 is 5.97 Å². The summed E-state index contributed by atoms with van der Waals surface area (Å²) in [4.78, 5) is 26.3. The lowest BCUT2D eigenvalue weighted by Crippen LogP contribution is -2.32. The molecule has 1 saturated heterocycles. The predicted molar refractivity (Wildman–Crippen MR) is 160 cm³/mol. The van der Waals surface area contributed by atoms with E-state index in [1.54, 1.807) is 18.2 Å². The van der Waals surface area contributed by atoms with Gasteiger partial charge in [0, 0.05) is 35.4 Å². The average molecular weight is 623 g/mol. The van der Waals surface area contributed by atoms with Gasteiger partial charge in [-0.05, 0) is 55.4 Å².